The van der Waals surface area contributed by atoms with Crippen LogP contribution in [0.1, 0.15) is 26.3 Å². The highest BCUT2D eigenvalue weighted by Gasteiger charge is 2.22. The van der Waals surface area contributed by atoms with Gasteiger partial charge in [-0.2, -0.15) is 0 Å². The number of alkyl halides is 1. The highest BCUT2D eigenvalue weighted by molar-refractivity contribution is 9.09. The van der Waals surface area contributed by atoms with Gasteiger partial charge in [-0.1, -0.05) is 48.8 Å². The Hall–Kier alpha value is -0.390. The fraction of sp³-hybridized carbons (Fsp3) is 0.538. The van der Waals surface area contributed by atoms with Crippen LogP contribution in [0.15, 0.2) is 29.2 Å². The molecule has 1 atom stereocenters. The van der Waals surface area contributed by atoms with E-state index in [0.717, 1.165) is 12.0 Å². The van der Waals surface area contributed by atoms with Gasteiger partial charge in [0.15, 0.2) is 0 Å². The predicted molar refractivity (Wildman–Crippen MR) is 78.6 cm³/mol. The molecule has 0 aromatic heterocycles. The lowest BCUT2D eigenvalue weighted by Crippen LogP contribution is -2.22. The maximum atomic E-state index is 11.6. The van der Waals surface area contributed by atoms with Crippen LogP contribution in [0, 0.1) is 5.41 Å². The quantitative estimate of drug-likeness (QED) is 0.861. The standard InChI is InChI=1S/C13H20BrNO2S/c1-13(2,3)12(14)9-10-5-7-11(8-6-10)18(16,17)15-4/h5-8,12,15H,9H2,1-4H3. The number of benzene rings is 1. The van der Waals surface area contributed by atoms with E-state index in [-0.39, 0.29) is 5.41 Å². The third-order valence-corrected chi connectivity index (χ3v) is 5.98. The molecule has 0 saturated carbocycles. The van der Waals surface area contributed by atoms with Crippen LogP contribution in [-0.2, 0) is 16.4 Å². The molecular formula is C13H20BrNO2S. The largest absolute Gasteiger partial charge is 0.240 e. The predicted octanol–water partition coefficient (Wildman–Crippen LogP) is 2.95. The van der Waals surface area contributed by atoms with Crippen LogP contribution >= 0.6 is 15.9 Å². The molecule has 0 heterocycles. The molecule has 3 nitrogen and oxygen atoms in total. The monoisotopic (exact) mass is 333 g/mol. The molecule has 0 amide bonds. The third-order valence-electron chi connectivity index (χ3n) is 2.86. The van der Waals surface area contributed by atoms with E-state index in [4.69, 9.17) is 0 Å². The topological polar surface area (TPSA) is 46.2 Å². The fourth-order valence-electron chi connectivity index (χ4n) is 1.44. The van der Waals surface area contributed by atoms with Gasteiger partial charge in [-0.15, -0.1) is 0 Å². The highest BCUT2D eigenvalue weighted by atomic mass is 79.9. The molecule has 0 spiro atoms. The number of sulfonamides is 1. The van der Waals surface area contributed by atoms with Crippen molar-refractivity contribution in [2.75, 3.05) is 7.05 Å². The van der Waals surface area contributed by atoms with Crippen molar-refractivity contribution in [3.05, 3.63) is 29.8 Å². The Balaban J connectivity index is 2.85. The van der Waals surface area contributed by atoms with Crippen LogP contribution in [0.4, 0.5) is 0 Å². The fourth-order valence-corrected chi connectivity index (χ4v) is 2.54. The zero-order valence-corrected chi connectivity index (χ0v) is 13.6. The third kappa shape index (κ3) is 4.07. The van der Waals surface area contributed by atoms with Crippen LogP contribution < -0.4 is 4.72 Å². The van der Waals surface area contributed by atoms with Crippen molar-refractivity contribution in [2.45, 2.75) is 36.9 Å². The van der Waals surface area contributed by atoms with Gasteiger partial charge in [0.2, 0.25) is 10.0 Å². The maximum Gasteiger partial charge on any atom is 0.240 e. The van der Waals surface area contributed by atoms with Gasteiger partial charge in [-0.05, 0) is 36.6 Å². The molecule has 1 rings (SSSR count). The minimum absolute atomic E-state index is 0.176. The second-order valence-corrected chi connectivity index (χ2v) is 8.38. The first-order valence-electron chi connectivity index (χ1n) is 5.83. The van der Waals surface area contributed by atoms with Gasteiger partial charge in [0.1, 0.15) is 0 Å². The molecule has 0 aliphatic heterocycles. The zero-order valence-electron chi connectivity index (χ0n) is 11.2. The molecule has 0 radical (unpaired) electrons. The number of hydrogen-bond donors (Lipinski definition) is 1. The Labute approximate surface area is 118 Å². The minimum atomic E-state index is -3.33. The number of halogens is 1. The molecule has 1 unspecified atom stereocenters. The van der Waals surface area contributed by atoms with Crippen molar-refractivity contribution >= 4 is 26.0 Å². The second kappa shape index (κ2) is 5.72. The van der Waals surface area contributed by atoms with Gasteiger partial charge in [-0.3, -0.25) is 0 Å². The average molecular weight is 334 g/mol. The number of nitrogens with one attached hydrogen (secondary N) is 1. The van der Waals surface area contributed by atoms with E-state index in [9.17, 15) is 8.42 Å². The van der Waals surface area contributed by atoms with Crippen molar-refractivity contribution in [2.24, 2.45) is 5.41 Å². The normalized spacial score (nSPS) is 14.5. The summed E-state index contributed by atoms with van der Waals surface area (Å²) in [5.74, 6) is 0. The number of hydrogen-bond acceptors (Lipinski definition) is 2. The van der Waals surface area contributed by atoms with Crippen LogP contribution in [0.25, 0.3) is 0 Å². The van der Waals surface area contributed by atoms with Crippen LogP contribution in [0.3, 0.4) is 0 Å². The molecule has 0 aliphatic carbocycles. The average Bonchev–Trinajstić information content (AvgIpc) is 2.28. The van der Waals surface area contributed by atoms with Crippen LogP contribution in [0.2, 0.25) is 0 Å². The van der Waals surface area contributed by atoms with Crippen molar-refractivity contribution < 1.29 is 8.42 Å². The van der Waals surface area contributed by atoms with Crippen LogP contribution in [0.5, 0.6) is 0 Å². The van der Waals surface area contributed by atoms with E-state index in [2.05, 4.69) is 41.4 Å². The molecule has 5 heteroatoms. The Morgan fingerprint density at radius 3 is 2.11 bits per heavy atom. The van der Waals surface area contributed by atoms with E-state index >= 15 is 0 Å². The molecule has 1 aromatic carbocycles. The number of rotatable bonds is 4. The SMILES string of the molecule is CNS(=O)(=O)c1ccc(CC(Br)C(C)(C)C)cc1. The molecule has 0 saturated heterocycles. The Morgan fingerprint density at radius 2 is 1.72 bits per heavy atom. The summed E-state index contributed by atoms with van der Waals surface area (Å²) in [6.07, 6.45) is 0.878. The molecule has 1 N–H and O–H groups in total. The van der Waals surface area contributed by atoms with Crippen molar-refractivity contribution in [3.63, 3.8) is 0 Å². The summed E-state index contributed by atoms with van der Waals surface area (Å²) < 4.78 is 25.5. The Bertz CT molecular complexity index is 489. The molecule has 0 aliphatic rings. The molecular weight excluding hydrogens is 314 g/mol. The highest BCUT2D eigenvalue weighted by Crippen LogP contribution is 2.29. The van der Waals surface area contributed by atoms with E-state index in [1.807, 2.05) is 12.1 Å². The lowest BCUT2D eigenvalue weighted by atomic mass is 9.88. The van der Waals surface area contributed by atoms with Gasteiger partial charge in [0, 0.05) is 4.83 Å². The molecule has 102 valence electrons. The zero-order chi connectivity index (χ0) is 14.0. The smallest absolute Gasteiger partial charge is 0.214 e. The van der Waals surface area contributed by atoms with Crippen molar-refractivity contribution in [1.29, 1.82) is 0 Å². The summed E-state index contributed by atoms with van der Waals surface area (Å²) in [4.78, 5) is 0.660. The van der Waals surface area contributed by atoms with Gasteiger partial charge in [0.05, 0.1) is 4.90 Å². The summed E-state index contributed by atoms with van der Waals surface area (Å²) in [7, 11) is -1.92. The Morgan fingerprint density at radius 1 is 1.22 bits per heavy atom. The Kier molecular flexibility index (Phi) is 4.98. The van der Waals surface area contributed by atoms with Gasteiger partial charge < -0.3 is 0 Å². The maximum absolute atomic E-state index is 11.6. The van der Waals surface area contributed by atoms with Gasteiger partial charge in [-0.25, -0.2) is 13.1 Å². The van der Waals surface area contributed by atoms with Crippen LogP contribution in [-0.4, -0.2) is 20.3 Å². The summed E-state index contributed by atoms with van der Waals surface area (Å²) in [6.45, 7) is 6.52. The molecule has 0 fully saturated rings. The lowest BCUT2D eigenvalue weighted by molar-refractivity contribution is 0.398. The molecule has 1 aromatic rings. The first-order valence-corrected chi connectivity index (χ1v) is 8.23. The molecule has 18 heavy (non-hydrogen) atoms. The van der Waals surface area contributed by atoms with E-state index in [0.29, 0.717) is 9.72 Å². The minimum Gasteiger partial charge on any atom is -0.214 e. The first-order chi connectivity index (χ1) is 8.16. The molecule has 0 bridgehead atoms. The van der Waals surface area contributed by atoms with Crippen molar-refractivity contribution in [3.8, 4) is 0 Å². The van der Waals surface area contributed by atoms with E-state index in [1.54, 1.807) is 12.1 Å². The van der Waals surface area contributed by atoms with Crippen molar-refractivity contribution in [1.82, 2.24) is 4.72 Å². The summed E-state index contributed by atoms with van der Waals surface area (Å²) >= 11 is 3.68. The summed E-state index contributed by atoms with van der Waals surface area (Å²) in [5, 5.41) is 0. The summed E-state index contributed by atoms with van der Waals surface area (Å²) in [6, 6.07) is 7.02. The summed E-state index contributed by atoms with van der Waals surface area (Å²) in [5.41, 5.74) is 1.30. The van der Waals surface area contributed by atoms with Gasteiger partial charge in [0.25, 0.3) is 0 Å². The second-order valence-electron chi connectivity index (χ2n) is 5.39. The lowest BCUT2D eigenvalue weighted by Gasteiger charge is -2.25. The van der Waals surface area contributed by atoms with Gasteiger partial charge >= 0.3 is 0 Å². The van der Waals surface area contributed by atoms with E-state index < -0.39 is 10.0 Å². The van der Waals surface area contributed by atoms with E-state index in [1.165, 1.54) is 7.05 Å². The first kappa shape index (κ1) is 15.7.